The predicted octanol–water partition coefficient (Wildman–Crippen LogP) is 7.09. The van der Waals surface area contributed by atoms with E-state index in [0.717, 1.165) is 0 Å². The van der Waals surface area contributed by atoms with E-state index < -0.39 is 0 Å². The van der Waals surface area contributed by atoms with Crippen molar-refractivity contribution in [1.82, 2.24) is 42.5 Å². The van der Waals surface area contributed by atoms with Crippen molar-refractivity contribution in [2.24, 2.45) is 92.7 Å². The Hall–Kier alpha value is 0.803. The first-order valence-corrected chi connectivity index (χ1v) is 24.4. The Balaban J connectivity index is 0.00000195. The maximum atomic E-state index is 4.56. The monoisotopic (exact) mass is 927 g/mol. The van der Waals surface area contributed by atoms with Crippen LogP contribution in [0.4, 0.5) is 0 Å². The minimum absolute atomic E-state index is 0. The maximum absolute atomic E-state index is 4.56. The summed E-state index contributed by atoms with van der Waals surface area (Å²) in [5.74, 6) is 7.49. The van der Waals surface area contributed by atoms with Crippen LogP contribution in [0, 0.1) is 92.7 Å². The van der Waals surface area contributed by atoms with Gasteiger partial charge in [-0.25, -0.2) is 0 Å². The van der Waals surface area contributed by atoms with Gasteiger partial charge in [-0.05, 0) is 131 Å². The fourth-order valence-electron chi connectivity index (χ4n) is 16.6. The van der Waals surface area contributed by atoms with Gasteiger partial charge < -0.3 is 0 Å². The number of hydrogen-bond acceptors (Lipinski definition) is 8. The molecule has 20 atom stereocenters. The molecule has 59 heavy (non-hydrogen) atoms. The van der Waals surface area contributed by atoms with E-state index in [-0.39, 0.29) is 76.4 Å². The molecule has 11 heteroatoms. The van der Waals surface area contributed by atoms with Gasteiger partial charge in [0, 0.05) is 0 Å². The van der Waals surface area contributed by atoms with Gasteiger partial charge >= 0.3 is 17.6 Å². The molecule has 8 N–H and O–H groups in total. The van der Waals surface area contributed by atoms with E-state index in [4.69, 9.17) is 0 Å². The standard InChI is InChI=1S/C48H88N8.2ClH.GeH4/c1-45(2,3)33-31-32(34(46(4,5)6)36(48(10,11)12)35(33)47(7,8)9)44-55-42-30-24-18-16-22-28(30)40(53-42)51-38-26-20-14-13-19-25(26)37(49-38)50-39-27-21-15-17-23-29(27)41(52-39)54-43(31)56-44;;;/h25-44,49-56H,13-24H2,1-12H3;2*1H;1H4. The average molecular weight is 927 g/mol. The van der Waals surface area contributed by atoms with Crippen LogP contribution in [0.2, 0.25) is 0 Å². The van der Waals surface area contributed by atoms with E-state index in [9.17, 15) is 0 Å². The van der Waals surface area contributed by atoms with E-state index in [1.54, 1.807) is 0 Å². The molecule has 4 saturated carbocycles. The van der Waals surface area contributed by atoms with Crippen LogP contribution in [0.1, 0.15) is 160 Å². The van der Waals surface area contributed by atoms with Gasteiger partial charge in [-0.15, -0.1) is 24.8 Å². The number of rotatable bonds is 0. The van der Waals surface area contributed by atoms with Gasteiger partial charge in [-0.2, -0.15) is 0 Å². The van der Waals surface area contributed by atoms with Crippen molar-refractivity contribution in [2.45, 2.75) is 209 Å². The van der Waals surface area contributed by atoms with Crippen LogP contribution in [-0.2, 0) is 0 Å². The molecule has 0 spiro atoms. The van der Waals surface area contributed by atoms with Gasteiger partial charge in [0.1, 0.15) is 0 Å². The predicted molar refractivity (Wildman–Crippen MR) is 256 cm³/mol. The first-order chi connectivity index (χ1) is 26.3. The molecule has 9 rings (SSSR count). The van der Waals surface area contributed by atoms with Crippen LogP contribution >= 0.6 is 24.8 Å². The van der Waals surface area contributed by atoms with Gasteiger partial charge in [0.2, 0.25) is 0 Å². The number of hydrogen-bond donors (Lipinski definition) is 8. The van der Waals surface area contributed by atoms with Crippen LogP contribution in [-0.4, -0.2) is 66.9 Å². The Morgan fingerprint density at radius 2 is 0.441 bits per heavy atom. The number of fused-ring (bicyclic) bond motifs is 20. The fourth-order valence-corrected chi connectivity index (χ4v) is 16.6. The van der Waals surface area contributed by atoms with Crippen molar-refractivity contribution in [3.05, 3.63) is 0 Å². The quantitative estimate of drug-likeness (QED) is 0.122. The van der Waals surface area contributed by atoms with Crippen molar-refractivity contribution >= 4 is 42.4 Å². The third-order valence-corrected chi connectivity index (χ3v) is 18.3. The molecule has 0 aromatic heterocycles. The van der Waals surface area contributed by atoms with Gasteiger partial charge in [0.05, 0.1) is 49.3 Å². The molecule has 344 valence electrons. The Morgan fingerprint density at radius 1 is 0.271 bits per heavy atom. The van der Waals surface area contributed by atoms with Crippen molar-refractivity contribution in [1.29, 1.82) is 0 Å². The second kappa shape index (κ2) is 17.9. The van der Waals surface area contributed by atoms with Crippen molar-refractivity contribution < 1.29 is 0 Å². The first-order valence-electron chi connectivity index (χ1n) is 24.4. The van der Waals surface area contributed by atoms with Crippen LogP contribution in [0.5, 0.6) is 0 Å². The van der Waals surface area contributed by atoms with Crippen LogP contribution < -0.4 is 42.5 Å². The Labute approximate surface area is 385 Å². The van der Waals surface area contributed by atoms with E-state index >= 15 is 0 Å². The summed E-state index contributed by atoms with van der Waals surface area (Å²) in [5, 5.41) is 35.4. The molecule has 5 saturated heterocycles. The second-order valence-corrected chi connectivity index (χ2v) is 25.7. The number of nitrogens with one attached hydrogen (secondary N) is 8. The topological polar surface area (TPSA) is 96.2 Å². The molecule has 8 nitrogen and oxygen atoms in total. The molecule has 0 amide bonds. The number of halogens is 2. The van der Waals surface area contributed by atoms with E-state index in [1.165, 1.54) is 77.0 Å². The second-order valence-electron chi connectivity index (χ2n) is 25.7. The summed E-state index contributed by atoms with van der Waals surface area (Å²) in [5.41, 5.74) is 0.712. The van der Waals surface area contributed by atoms with Gasteiger partial charge in [0.25, 0.3) is 0 Å². The van der Waals surface area contributed by atoms with Gasteiger partial charge in [-0.1, -0.05) is 122 Å². The summed E-state index contributed by atoms with van der Waals surface area (Å²) >= 11 is 0. The summed E-state index contributed by atoms with van der Waals surface area (Å²) in [7, 11) is 0. The molecule has 4 aliphatic carbocycles. The third-order valence-electron chi connectivity index (χ3n) is 18.3. The Kier molecular flexibility index (Phi) is 14.9. The molecule has 0 aromatic carbocycles. The van der Waals surface area contributed by atoms with Crippen molar-refractivity contribution in [2.75, 3.05) is 0 Å². The van der Waals surface area contributed by atoms with Gasteiger partial charge in [-0.3, -0.25) is 42.5 Å². The zero-order valence-electron chi connectivity index (χ0n) is 38.8. The van der Waals surface area contributed by atoms with Crippen LogP contribution in [0.15, 0.2) is 0 Å². The van der Waals surface area contributed by atoms with Crippen LogP contribution in [0.3, 0.4) is 0 Å². The van der Waals surface area contributed by atoms with E-state index in [0.29, 0.717) is 108 Å². The van der Waals surface area contributed by atoms with Crippen molar-refractivity contribution in [3.8, 4) is 0 Å². The third kappa shape index (κ3) is 8.92. The Morgan fingerprint density at radius 3 is 0.627 bits per heavy atom. The molecular weight excluding hydrogens is 832 g/mol. The summed E-state index contributed by atoms with van der Waals surface area (Å²) < 4.78 is 0. The molecule has 5 aliphatic heterocycles. The zero-order valence-corrected chi connectivity index (χ0v) is 40.5. The molecule has 9 fully saturated rings. The minimum atomic E-state index is 0. The zero-order chi connectivity index (χ0) is 39.7. The normalized spacial score (nSPS) is 48.6. The molecule has 0 aromatic rings. The molecule has 0 radical (unpaired) electrons. The molecule has 8 bridgehead atoms. The van der Waals surface area contributed by atoms with Crippen LogP contribution in [0.25, 0.3) is 0 Å². The molecular formula is C48H94Cl2GeN8. The summed E-state index contributed by atoms with van der Waals surface area (Å²) in [6, 6.07) is 0. The summed E-state index contributed by atoms with van der Waals surface area (Å²) in [4.78, 5) is 0. The van der Waals surface area contributed by atoms with E-state index in [2.05, 4.69) is 126 Å². The molecule has 20 unspecified atom stereocenters. The summed E-state index contributed by atoms with van der Waals surface area (Å²) in [6.07, 6.45) is 18.9. The molecule has 9 aliphatic rings. The molecule has 5 heterocycles. The van der Waals surface area contributed by atoms with E-state index in [1.807, 2.05) is 0 Å². The van der Waals surface area contributed by atoms with Gasteiger partial charge in [0.15, 0.2) is 0 Å². The van der Waals surface area contributed by atoms with Crippen molar-refractivity contribution in [3.63, 3.8) is 0 Å². The summed E-state index contributed by atoms with van der Waals surface area (Å²) in [6.45, 7) is 31.2. The average Bonchev–Trinajstić information content (AvgIpc) is 3.84. The SMILES string of the molecule is CC(C)(C)C1C2C3NC4NC(NC5NC(NC6NC(NC(N3)C2C(C(C)(C)C)C(C(C)(C)C)C1C(C)(C)C)C1CCCCC61)C1CCCCC51)C1CCCCC41.Cl.Cl.[GeH4]. The first kappa shape index (κ1) is 49.2. The fraction of sp³-hybridized carbons (Fsp3) is 1.00. The Bertz CT molecular complexity index is 1310.